The third-order valence-electron chi connectivity index (χ3n) is 3.65. The summed E-state index contributed by atoms with van der Waals surface area (Å²) >= 11 is 0. The molecule has 0 aromatic rings. The van der Waals surface area contributed by atoms with Gasteiger partial charge in [-0.15, -0.1) is 0 Å². The van der Waals surface area contributed by atoms with Gasteiger partial charge >= 0.3 is 0 Å². The SMILES string of the molecule is CN(C(=O)C(C)(C)CC(C)(C)C)C(C)(C)CC(C)(C)N. The maximum absolute atomic E-state index is 12.9. The van der Waals surface area contributed by atoms with Crippen molar-refractivity contribution >= 4 is 5.91 Å². The highest BCUT2D eigenvalue weighted by Crippen LogP contribution is 2.36. The topological polar surface area (TPSA) is 46.3 Å². The van der Waals surface area contributed by atoms with Gasteiger partial charge in [0.05, 0.1) is 0 Å². The first kappa shape index (κ1) is 19.4. The Hall–Kier alpha value is -0.570. The average Bonchev–Trinajstić information content (AvgIpc) is 2.07. The van der Waals surface area contributed by atoms with Crippen molar-refractivity contribution in [3.8, 4) is 0 Å². The Morgan fingerprint density at radius 3 is 1.60 bits per heavy atom. The molecule has 0 radical (unpaired) electrons. The molecule has 0 aliphatic heterocycles. The fourth-order valence-electron chi connectivity index (χ4n) is 3.36. The summed E-state index contributed by atoms with van der Waals surface area (Å²) in [5.41, 5.74) is 5.38. The predicted molar refractivity (Wildman–Crippen MR) is 87.6 cm³/mol. The molecule has 0 aliphatic carbocycles. The first-order valence-electron chi connectivity index (χ1n) is 7.55. The zero-order valence-corrected chi connectivity index (χ0v) is 15.3. The standard InChI is InChI=1S/C17H36N2O/c1-14(2,3)11-15(4,5)13(20)19(10)17(8,9)12-16(6,7)18/h11-12,18H2,1-10H3. The lowest BCUT2D eigenvalue weighted by Crippen LogP contribution is -2.54. The summed E-state index contributed by atoms with van der Waals surface area (Å²) in [5.74, 6) is 0.196. The van der Waals surface area contributed by atoms with Gasteiger partial charge in [0.15, 0.2) is 0 Å². The fraction of sp³-hybridized carbons (Fsp3) is 0.941. The maximum atomic E-state index is 12.9. The smallest absolute Gasteiger partial charge is 0.228 e. The van der Waals surface area contributed by atoms with Crippen LogP contribution < -0.4 is 5.73 Å². The van der Waals surface area contributed by atoms with E-state index in [4.69, 9.17) is 5.73 Å². The number of carbonyl (C=O) groups excluding carboxylic acids is 1. The van der Waals surface area contributed by atoms with Gasteiger partial charge in [0.2, 0.25) is 5.91 Å². The summed E-state index contributed by atoms with van der Waals surface area (Å²) in [4.78, 5) is 14.7. The first-order valence-corrected chi connectivity index (χ1v) is 7.55. The van der Waals surface area contributed by atoms with Gasteiger partial charge in [-0.25, -0.2) is 0 Å². The number of hydrogen-bond acceptors (Lipinski definition) is 2. The average molecular weight is 284 g/mol. The lowest BCUT2D eigenvalue weighted by atomic mass is 9.74. The molecule has 3 nitrogen and oxygen atoms in total. The fourth-order valence-corrected chi connectivity index (χ4v) is 3.36. The van der Waals surface area contributed by atoms with E-state index >= 15 is 0 Å². The van der Waals surface area contributed by atoms with E-state index in [1.165, 1.54) is 0 Å². The third-order valence-corrected chi connectivity index (χ3v) is 3.65. The molecule has 0 saturated carbocycles. The quantitative estimate of drug-likeness (QED) is 0.834. The summed E-state index contributed by atoms with van der Waals surface area (Å²) in [6.07, 6.45) is 1.64. The molecule has 0 aromatic heterocycles. The van der Waals surface area contributed by atoms with E-state index in [1.807, 2.05) is 39.6 Å². The van der Waals surface area contributed by atoms with E-state index in [0.29, 0.717) is 0 Å². The van der Waals surface area contributed by atoms with Gasteiger partial charge in [0.25, 0.3) is 0 Å². The molecule has 0 fully saturated rings. The van der Waals surface area contributed by atoms with Gasteiger partial charge in [-0.3, -0.25) is 4.79 Å². The summed E-state index contributed by atoms with van der Waals surface area (Å²) in [5, 5.41) is 0. The van der Waals surface area contributed by atoms with Gasteiger partial charge in [0.1, 0.15) is 0 Å². The van der Waals surface area contributed by atoms with Crippen LogP contribution in [0, 0.1) is 10.8 Å². The minimum Gasteiger partial charge on any atom is -0.340 e. The molecular formula is C17H36N2O. The van der Waals surface area contributed by atoms with Crippen LogP contribution in [0.15, 0.2) is 0 Å². The van der Waals surface area contributed by atoms with Gasteiger partial charge in [-0.05, 0) is 46.0 Å². The van der Waals surface area contributed by atoms with E-state index < -0.39 is 0 Å². The monoisotopic (exact) mass is 284 g/mol. The lowest BCUT2D eigenvalue weighted by molar-refractivity contribution is -0.146. The molecule has 0 spiro atoms. The zero-order valence-electron chi connectivity index (χ0n) is 15.3. The molecule has 20 heavy (non-hydrogen) atoms. The predicted octanol–water partition coefficient (Wildman–Crippen LogP) is 3.81. The van der Waals surface area contributed by atoms with E-state index in [2.05, 4.69) is 34.6 Å². The van der Waals surface area contributed by atoms with Crippen LogP contribution in [0.2, 0.25) is 0 Å². The molecule has 2 N–H and O–H groups in total. The highest BCUT2D eigenvalue weighted by molar-refractivity contribution is 5.82. The van der Waals surface area contributed by atoms with Gasteiger partial charge < -0.3 is 10.6 Å². The second-order valence-electron chi connectivity index (χ2n) is 9.46. The second kappa shape index (κ2) is 5.67. The molecule has 3 heteroatoms. The van der Waals surface area contributed by atoms with Gasteiger partial charge in [-0.1, -0.05) is 34.6 Å². The number of rotatable bonds is 5. The van der Waals surface area contributed by atoms with Crippen LogP contribution in [0.1, 0.15) is 75.2 Å². The van der Waals surface area contributed by atoms with Gasteiger partial charge in [0, 0.05) is 23.5 Å². The highest BCUT2D eigenvalue weighted by Gasteiger charge is 2.40. The third kappa shape index (κ3) is 6.25. The van der Waals surface area contributed by atoms with Crippen LogP contribution >= 0.6 is 0 Å². The molecule has 0 bridgehead atoms. The van der Waals surface area contributed by atoms with Crippen molar-refractivity contribution in [2.45, 2.75) is 86.2 Å². The number of carbonyl (C=O) groups is 1. The van der Waals surface area contributed by atoms with Crippen molar-refractivity contribution in [1.29, 1.82) is 0 Å². The molecule has 1 amide bonds. The molecule has 0 atom stereocenters. The van der Waals surface area contributed by atoms with Crippen LogP contribution in [-0.2, 0) is 4.79 Å². The lowest BCUT2D eigenvalue weighted by Gasteiger charge is -2.44. The van der Waals surface area contributed by atoms with E-state index in [0.717, 1.165) is 12.8 Å². The Morgan fingerprint density at radius 1 is 0.900 bits per heavy atom. The maximum Gasteiger partial charge on any atom is 0.228 e. The van der Waals surface area contributed by atoms with E-state index in [-0.39, 0.29) is 27.8 Å². The van der Waals surface area contributed by atoms with Crippen LogP contribution in [-0.4, -0.2) is 28.9 Å². The number of nitrogens with zero attached hydrogens (tertiary/aromatic N) is 1. The Kier molecular flexibility index (Phi) is 5.51. The Labute approximate surface area is 126 Å². The van der Waals surface area contributed by atoms with Crippen molar-refractivity contribution in [1.82, 2.24) is 4.90 Å². The molecule has 0 unspecified atom stereocenters. The molecule has 0 saturated heterocycles. The summed E-state index contributed by atoms with van der Waals surface area (Å²) in [6, 6.07) is 0. The first-order chi connectivity index (χ1) is 8.48. The second-order valence-corrected chi connectivity index (χ2v) is 9.46. The number of amides is 1. The van der Waals surface area contributed by atoms with E-state index in [1.54, 1.807) is 0 Å². The van der Waals surface area contributed by atoms with Crippen molar-refractivity contribution < 1.29 is 4.79 Å². The molecule has 0 aromatic carbocycles. The Balaban J connectivity index is 5.10. The summed E-state index contributed by atoms with van der Waals surface area (Å²) in [7, 11) is 1.90. The minimum atomic E-state index is -0.358. The Morgan fingerprint density at radius 2 is 1.30 bits per heavy atom. The molecule has 0 rings (SSSR count). The van der Waals surface area contributed by atoms with Gasteiger partial charge in [-0.2, -0.15) is 0 Å². The van der Waals surface area contributed by atoms with Crippen LogP contribution in [0.3, 0.4) is 0 Å². The molecule has 120 valence electrons. The zero-order chi connectivity index (χ0) is 16.6. The van der Waals surface area contributed by atoms with E-state index in [9.17, 15) is 4.79 Å². The number of hydrogen-bond donors (Lipinski definition) is 1. The molecular weight excluding hydrogens is 248 g/mol. The summed E-state index contributed by atoms with van der Waals surface area (Å²) in [6.45, 7) is 18.8. The van der Waals surface area contributed by atoms with Crippen molar-refractivity contribution in [3.05, 3.63) is 0 Å². The Bertz CT molecular complexity index is 343. The van der Waals surface area contributed by atoms with Crippen molar-refractivity contribution in [2.75, 3.05) is 7.05 Å². The highest BCUT2D eigenvalue weighted by atomic mass is 16.2. The largest absolute Gasteiger partial charge is 0.340 e. The molecule has 0 heterocycles. The van der Waals surface area contributed by atoms with Crippen LogP contribution in [0.25, 0.3) is 0 Å². The molecule has 0 aliphatic rings. The van der Waals surface area contributed by atoms with Crippen LogP contribution in [0.4, 0.5) is 0 Å². The minimum absolute atomic E-state index is 0.136. The summed E-state index contributed by atoms with van der Waals surface area (Å²) < 4.78 is 0. The van der Waals surface area contributed by atoms with Crippen molar-refractivity contribution in [3.63, 3.8) is 0 Å². The van der Waals surface area contributed by atoms with Crippen molar-refractivity contribution in [2.24, 2.45) is 16.6 Å². The normalized spacial score (nSPS) is 14.3. The van der Waals surface area contributed by atoms with Crippen LogP contribution in [0.5, 0.6) is 0 Å². The number of nitrogens with two attached hydrogens (primary N) is 1.